The van der Waals surface area contributed by atoms with Crippen LogP contribution in [0.1, 0.15) is 12.8 Å². The number of hydrogen-bond donors (Lipinski definition) is 3. The maximum Gasteiger partial charge on any atom is 0.321 e. The molecule has 0 saturated carbocycles. The van der Waals surface area contributed by atoms with E-state index in [1.807, 2.05) is 6.07 Å². The first kappa shape index (κ1) is 19.7. The molecule has 1 aromatic carbocycles. The van der Waals surface area contributed by atoms with E-state index in [9.17, 15) is 14.4 Å². The van der Waals surface area contributed by atoms with E-state index in [4.69, 9.17) is 9.15 Å². The highest BCUT2D eigenvalue weighted by Gasteiger charge is 2.34. The normalized spacial score (nSPS) is 18.9. The lowest BCUT2D eigenvalue weighted by molar-refractivity contribution is -0.125. The van der Waals surface area contributed by atoms with Crippen molar-refractivity contribution in [3.05, 3.63) is 30.2 Å². The molecule has 1 saturated heterocycles. The number of nitrogens with zero attached hydrogens (tertiary/aromatic N) is 2. The Labute approximate surface area is 164 Å². The lowest BCUT2D eigenvalue weighted by Gasteiger charge is -2.27. The van der Waals surface area contributed by atoms with E-state index in [1.165, 1.54) is 7.11 Å². The van der Waals surface area contributed by atoms with Crippen molar-refractivity contribution in [3.63, 3.8) is 0 Å². The Balaban J connectivity index is 1.52. The lowest BCUT2D eigenvalue weighted by atomic mass is 9.95. The van der Waals surface area contributed by atoms with Crippen LogP contribution in [-0.2, 0) is 16.0 Å². The van der Waals surface area contributed by atoms with Crippen LogP contribution in [0.2, 0.25) is 0 Å². The van der Waals surface area contributed by atoms with Crippen molar-refractivity contribution in [2.45, 2.75) is 24.6 Å². The van der Waals surface area contributed by atoms with Gasteiger partial charge in [0.15, 0.2) is 0 Å². The number of aromatic nitrogens is 2. The summed E-state index contributed by atoms with van der Waals surface area (Å²) in [5.41, 5.74) is 0.571. The number of thioether (sulfide) groups is 1. The van der Waals surface area contributed by atoms with Gasteiger partial charge < -0.3 is 19.8 Å². The van der Waals surface area contributed by atoms with E-state index in [1.54, 1.807) is 25.1 Å². The van der Waals surface area contributed by atoms with E-state index >= 15 is 0 Å². The third-order valence-electron chi connectivity index (χ3n) is 4.09. The predicted molar refractivity (Wildman–Crippen MR) is 100.0 cm³/mol. The summed E-state index contributed by atoms with van der Waals surface area (Å²) in [4.78, 5) is 35.3. The van der Waals surface area contributed by atoms with Crippen molar-refractivity contribution >= 4 is 35.3 Å². The third kappa shape index (κ3) is 4.80. The molecule has 3 N–H and O–H groups in total. The molecule has 1 fully saturated rings. The largest absolute Gasteiger partial charge is 0.495 e. The van der Waals surface area contributed by atoms with Crippen molar-refractivity contribution in [2.75, 3.05) is 18.2 Å². The van der Waals surface area contributed by atoms with Gasteiger partial charge in [0.1, 0.15) is 5.75 Å². The summed E-state index contributed by atoms with van der Waals surface area (Å²) >= 11 is 1.08. The molecule has 10 nitrogen and oxygen atoms in total. The second kappa shape index (κ2) is 8.74. The quantitative estimate of drug-likeness (QED) is 0.585. The summed E-state index contributed by atoms with van der Waals surface area (Å²) in [7, 11) is 1.53. The number of anilines is 1. The van der Waals surface area contributed by atoms with Gasteiger partial charge in [0.2, 0.25) is 17.7 Å². The standard InChI is InChI=1S/C17H19N5O5S/c1-9-10(15(24)20-16(25)18-9)7-14-21-22-17(27-14)28-8-13(23)19-11-5-3-4-6-12(11)26-2/h3-6,9-10H,7-8H2,1-2H3,(H,19,23)(H2,18,20,24,25). The molecule has 148 valence electrons. The molecule has 0 spiro atoms. The topological polar surface area (TPSA) is 135 Å². The summed E-state index contributed by atoms with van der Waals surface area (Å²) in [6.45, 7) is 1.73. The fourth-order valence-electron chi connectivity index (χ4n) is 2.67. The van der Waals surface area contributed by atoms with Crippen LogP contribution in [0.3, 0.4) is 0 Å². The molecule has 28 heavy (non-hydrogen) atoms. The van der Waals surface area contributed by atoms with Crippen molar-refractivity contribution in [3.8, 4) is 5.75 Å². The summed E-state index contributed by atoms with van der Waals surface area (Å²) in [6, 6.07) is 6.22. The number of carbonyl (C=O) groups is 3. The number of urea groups is 1. The number of ether oxygens (including phenoxy) is 1. The van der Waals surface area contributed by atoms with Crippen LogP contribution in [0.25, 0.3) is 0 Å². The van der Waals surface area contributed by atoms with E-state index in [0.717, 1.165) is 11.8 Å². The first-order chi connectivity index (χ1) is 13.5. The van der Waals surface area contributed by atoms with Crippen LogP contribution < -0.4 is 20.7 Å². The summed E-state index contributed by atoms with van der Waals surface area (Å²) in [5.74, 6) is -0.263. The molecular formula is C17H19N5O5S. The first-order valence-electron chi connectivity index (χ1n) is 8.45. The third-order valence-corrected chi connectivity index (χ3v) is 4.90. The maximum absolute atomic E-state index is 12.1. The second-order valence-electron chi connectivity index (χ2n) is 6.06. The maximum atomic E-state index is 12.1. The summed E-state index contributed by atoms with van der Waals surface area (Å²) < 4.78 is 10.7. The number of carbonyl (C=O) groups excluding carboxylic acids is 3. The molecule has 2 atom stereocenters. The van der Waals surface area contributed by atoms with E-state index < -0.39 is 11.9 Å². The molecule has 2 unspecified atom stereocenters. The highest BCUT2D eigenvalue weighted by molar-refractivity contribution is 7.99. The molecule has 4 amide bonds. The van der Waals surface area contributed by atoms with Gasteiger partial charge in [0.25, 0.3) is 5.22 Å². The Morgan fingerprint density at radius 1 is 1.32 bits per heavy atom. The Morgan fingerprint density at radius 3 is 2.86 bits per heavy atom. The van der Waals surface area contributed by atoms with Gasteiger partial charge in [-0.15, -0.1) is 10.2 Å². The van der Waals surface area contributed by atoms with Gasteiger partial charge in [-0.1, -0.05) is 23.9 Å². The molecule has 2 heterocycles. The number of methoxy groups -OCH3 is 1. The zero-order valence-electron chi connectivity index (χ0n) is 15.2. The molecule has 3 rings (SSSR count). The van der Waals surface area contributed by atoms with Crippen LogP contribution in [0.4, 0.5) is 10.5 Å². The zero-order chi connectivity index (χ0) is 20.1. The highest BCUT2D eigenvalue weighted by atomic mass is 32.2. The molecule has 1 aromatic heterocycles. The van der Waals surface area contributed by atoms with Crippen LogP contribution >= 0.6 is 11.8 Å². The lowest BCUT2D eigenvalue weighted by Crippen LogP contribution is -2.57. The second-order valence-corrected chi connectivity index (χ2v) is 6.99. The minimum Gasteiger partial charge on any atom is -0.495 e. The molecule has 0 bridgehead atoms. The van der Waals surface area contributed by atoms with Crippen LogP contribution in [0.15, 0.2) is 33.9 Å². The number of rotatable bonds is 7. The molecule has 0 radical (unpaired) electrons. The molecule has 11 heteroatoms. The van der Waals surface area contributed by atoms with Gasteiger partial charge in [-0.2, -0.15) is 0 Å². The molecule has 1 aliphatic rings. The van der Waals surface area contributed by atoms with Crippen molar-refractivity contribution in [1.82, 2.24) is 20.8 Å². The number of hydrogen-bond acceptors (Lipinski definition) is 8. The Bertz CT molecular complexity index is 886. The van der Waals surface area contributed by atoms with Gasteiger partial charge in [-0.3, -0.25) is 14.9 Å². The van der Waals surface area contributed by atoms with Gasteiger partial charge >= 0.3 is 6.03 Å². The predicted octanol–water partition coefficient (Wildman–Crippen LogP) is 1.20. The van der Waals surface area contributed by atoms with Crippen molar-refractivity contribution < 1.29 is 23.5 Å². The van der Waals surface area contributed by atoms with E-state index in [0.29, 0.717) is 11.4 Å². The summed E-state index contributed by atoms with van der Waals surface area (Å²) in [5, 5.41) is 15.6. The minimum absolute atomic E-state index is 0.0655. The fraction of sp³-hybridized carbons (Fsp3) is 0.353. The molecule has 0 aliphatic carbocycles. The highest BCUT2D eigenvalue weighted by Crippen LogP contribution is 2.24. The Kier molecular flexibility index (Phi) is 6.14. The molecular weight excluding hydrogens is 386 g/mol. The average Bonchev–Trinajstić information content (AvgIpc) is 3.11. The first-order valence-corrected chi connectivity index (χ1v) is 9.44. The van der Waals surface area contributed by atoms with Gasteiger partial charge in [-0.05, 0) is 19.1 Å². The van der Waals surface area contributed by atoms with Crippen molar-refractivity contribution in [1.29, 1.82) is 0 Å². The van der Waals surface area contributed by atoms with Crippen molar-refractivity contribution in [2.24, 2.45) is 5.92 Å². The van der Waals surface area contributed by atoms with Crippen LogP contribution in [0, 0.1) is 5.92 Å². The number of nitrogens with one attached hydrogen (secondary N) is 3. The molecule has 1 aliphatic heterocycles. The summed E-state index contributed by atoms with van der Waals surface area (Å²) in [6.07, 6.45) is 0.189. The smallest absolute Gasteiger partial charge is 0.321 e. The number of imide groups is 1. The zero-order valence-corrected chi connectivity index (χ0v) is 16.0. The monoisotopic (exact) mass is 405 g/mol. The van der Waals surface area contributed by atoms with Gasteiger partial charge in [-0.25, -0.2) is 4.79 Å². The number of amides is 4. The van der Waals surface area contributed by atoms with Gasteiger partial charge in [0.05, 0.1) is 24.5 Å². The van der Waals surface area contributed by atoms with E-state index in [2.05, 4.69) is 26.1 Å². The van der Waals surface area contributed by atoms with Crippen LogP contribution in [-0.4, -0.2) is 46.9 Å². The average molecular weight is 405 g/mol. The minimum atomic E-state index is -0.517. The van der Waals surface area contributed by atoms with Crippen LogP contribution in [0.5, 0.6) is 5.75 Å². The Morgan fingerprint density at radius 2 is 2.11 bits per heavy atom. The SMILES string of the molecule is COc1ccccc1NC(=O)CSc1nnc(CC2C(=O)NC(=O)NC2C)o1. The Hall–Kier alpha value is -3.08. The fourth-order valence-corrected chi connectivity index (χ4v) is 3.25. The number of para-hydroxylation sites is 2. The number of benzene rings is 1. The molecule has 2 aromatic rings. The van der Waals surface area contributed by atoms with E-state index in [-0.39, 0.29) is 41.1 Å². The van der Waals surface area contributed by atoms with Gasteiger partial charge in [0, 0.05) is 12.5 Å².